The molecule has 41 heavy (non-hydrogen) atoms. The molecule has 1 saturated heterocycles. The summed E-state index contributed by atoms with van der Waals surface area (Å²) in [6.07, 6.45) is 0.672. The van der Waals surface area contributed by atoms with Crippen LogP contribution in [0.3, 0.4) is 0 Å². The van der Waals surface area contributed by atoms with Crippen molar-refractivity contribution in [2.24, 2.45) is 0 Å². The maximum Gasteiger partial charge on any atom is 0.337 e. The third-order valence-electron chi connectivity index (χ3n) is 8.50. The van der Waals surface area contributed by atoms with E-state index in [4.69, 9.17) is 9.47 Å². The number of anilines is 2. The molecule has 2 amide bonds. The molecule has 0 N–H and O–H groups in total. The predicted molar refractivity (Wildman–Crippen MR) is 156 cm³/mol. The minimum Gasteiger partial charge on any atom is -0.465 e. The fraction of sp³-hybridized carbons (Fsp3) is 0.312. The first kappa shape index (κ1) is 27.1. The zero-order valence-electron chi connectivity index (χ0n) is 23.5. The Morgan fingerprint density at radius 1 is 0.805 bits per heavy atom. The first-order valence-corrected chi connectivity index (χ1v) is 14.3. The summed E-state index contributed by atoms with van der Waals surface area (Å²) in [6, 6.07) is 20.5. The van der Waals surface area contributed by atoms with Crippen LogP contribution in [0.5, 0.6) is 0 Å². The first-order valence-electron chi connectivity index (χ1n) is 13.3. The van der Waals surface area contributed by atoms with Gasteiger partial charge >= 0.3 is 11.9 Å². The van der Waals surface area contributed by atoms with Gasteiger partial charge in [-0.2, -0.15) is 0 Å². The number of fused-ring (bicyclic) bond motifs is 1. The molecule has 2 atom stereocenters. The van der Waals surface area contributed by atoms with Crippen LogP contribution in [-0.4, -0.2) is 49.3 Å². The first-order chi connectivity index (χ1) is 19.5. The number of carbonyl (C=O) groups is 4. The summed E-state index contributed by atoms with van der Waals surface area (Å²) >= 11 is 1.26. The fourth-order valence-electron chi connectivity index (χ4n) is 6.92. The molecule has 0 aliphatic carbocycles. The number of carbonyl (C=O) groups excluding carboxylic acids is 4. The van der Waals surface area contributed by atoms with Gasteiger partial charge in [0.15, 0.2) is 0 Å². The Kier molecular flexibility index (Phi) is 6.08. The lowest BCUT2D eigenvalue weighted by Crippen LogP contribution is -2.58. The van der Waals surface area contributed by atoms with E-state index in [2.05, 4.69) is 39.0 Å². The Balaban J connectivity index is 1.61. The van der Waals surface area contributed by atoms with Crippen LogP contribution in [0.1, 0.15) is 64.6 Å². The molecule has 0 bridgehead atoms. The predicted octanol–water partition coefficient (Wildman–Crippen LogP) is 5.03. The molecule has 3 heterocycles. The molecule has 3 aliphatic heterocycles. The molecule has 9 heteroatoms. The standard InChI is InChI=1S/C32H30N2O6S/c1-30(2)18-31(3,21-10-7-6-8-11-21)23-12-9-13-24-26(23)34(30)29(38)32(24)33(25(35)17-41-32)22-15-19(27(36)39-4)14-20(16-22)28(37)40-5/h6-16H,17-18H2,1-5H3. The maximum atomic E-state index is 14.8. The highest BCUT2D eigenvalue weighted by molar-refractivity contribution is 8.02. The van der Waals surface area contributed by atoms with Crippen molar-refractivity contribution in [2.45, 2.75) is 43.0 Å². The number of ether oxygens (including phenoxy) is 2. The molecular weight excluding hydrogens is 540 g/mol. The van der Waals surface area contributed by atoms with E-state index in [0.29, 0.717) is 12.0 Å². The molecule has 210 valence electrons. The lowest BCUT2D eigenvalue weighted by atomic mass is 9.65. The van der Waals surface area contributed by atoms with E-state index in [1.54, 1.807) is 0 Å². The molecule has 1 fully saturated rings. The third-order valence-corrected chi connectivity index (χ3v) is 9.89. The second kappa shape index (κ2) is 9.21. The number of nitrogens with zero attached hydrogens (tertiary/aromatic N) is 2. The number of benzene rings is 3. The van der Waals surface area contributed by atoms with E-state index in [1.807, 2.05) is 35.2 Å². The van der Waals surface area contributed by atoms with Crippen molar-refractivity contribution in [1.29, 1.82) is 0 Å². The Hall–Kier alpha value is -4.11. The molecular formula is C32H30N2O6S. The lowest BCUT2D eigenvalue weighted by Gasteiger charge is -2.50. The Morgan fingerprint density at radius 2 is 1.41 bits per heavy atom. The van der Waals surface area contributed by atoms with Crippen molar-refractivity contribution >= 4 is 46.9 Å². The average molecular weight is 571 g/mol. The lowest BCUT2D eigenvalue weighted by molar-refractivity contribution is -0.124. The zero-order chi connectivity index (χ0) is 29.3. The highest BCUT2D eigenvalue weighted by Gasteiger charge is 2.66. The second-order valence-corrected chi connectivity index (χ2v) is 12.6. The minimum absolute atomic E-state index is 0.0512. The summed E-state index contributed by atoms with van der Waals surface area (Å²) in [5, 5.41) is 0. The largest absolute Gasteiger partial charge is 0.465 e. The topological polar surface area (TPSA) is 93.2 Å². The summed E-state index contributed by atoms with van der Waals surface area (Å²) in [5.41, 5.74) is 3.11. The van der Waals surface area contributed by atoms with E-state index < -0.39 is 22.3 Å². The van der Waals surface area contributed by atoms with Gasteiger partial charge in [-0.25, -0.2) is 9.59 Å². The van der Waals surface area contributed by atoms with E-state index in [-0.39, 0.29) is 39.8 Å². The van der Waals surface area contributed by atoms with Crippen LogP contribution < -0.4 is 9.80 Å². The summed E-state index contributed by atoms with van der Waals surface area (Å²) in [6.45, 7) is 6.33. The molecule has 0 aromatic heterocycles. The van der Waals surface area contributed by atoms with Crippen LogP contribution in [-0.2, 0) is 29.3 Å². The number of esters is 2. The highest BCUT2D eigenvalue weighted by Crippen LogP contribution is 2.63. The van der Waals surface area contributed by atoms with E-state index >= 15 is 0 Å². The van der Waals surface area contributed by atoms with Crippen molar-refractivity contribution in [2.75, 3.05) is 29.8 Å². The van der Waals surface area contributed by atoms with Crippen LogP contribution in [0.25, 0.3) is 0 Å². The summed E-state index contributed by atoms with van der Waals surface area (Å²) in [7, 11) is 2.48. The van der Waals surface area contributed by atoms with Gasteiger partial charge < -0.3 is 14.4 Å². The number of hydrogen-bond acceptors (Lipinski definition) is 7. The van der Waals surface area contributed by atoms with Gasteiger partial charge in [-0.15, -0.1) is 11.8 Å². The number of amides is 2. The number of methoxy groups -OCH3 is 2. The van der Waals surface area contributed by atoms with Gasteiger partial charge in [-0.1, -0.05) is 55.5 Å². The van der Waals surface area contributed by atoms with Gasteiger partial charge in [-0.05, 0) is 49.6 Å². The van der Waals surface area contributed by atoms with Crippen LogP contribution in [0.4, 0.5) is 11.4 Å². The van der Waals surface area contributed by atoms with Crippen LogP contribution in [0.15, 0.2) is 66.7 Å². The quantitative estimate of drug-likeness (QED) is 0.407. The van der Waals surface area contributed by atoms with Gasteiger partial charge in [0.05, 0.1) is 36.8 Å². The second-order valence-electron chi connectivity index (χ2n) is 11.4. The number of hydrogen-bond donors (Lipinski definition) is 0. The van der Waals surface area contributed by atoms with Crippen molar-refractivity contribution in [3.8, 4) is 0 Å². The summed E-state index contributed by atoms with van der Waals surface area (Å²) < 4.78 is 9.84. The Morgan fingerprint density at radius 3 is 2.02 bits per heavy atom. The summed E-state index contributed by atoms with van der Waals surface area (Å²) in [4.78, 5) is 55.5. The fourth-order valence-corrected chi connectivity index (χ4v) is 8.25. The molecule has 8 nitrogen and oxygen atoms in total. The number of para-hydroxylation sites is 1. The average Bonchev–Trinajstić information content (AvgIpc) is 3.45. The molecule has 2 unspecified atom stereocenters. The number of rotatable bonds is 4. The SMILES string of the molecule is COC(=O)c1cc(C(=O)OC)cc(N2C(=O)CSC23C(=O)N2c4c(cccc43)C(C)(c3ccccc3)CC2(C)C)c1. The monoisotopic (exact) mass is 570 g/mol. The third kappa shape index (κ3) is 3.68. The number of thioether (sulfide) groups is 1. The molecule has 0 radical (unpaired) electrons. The molecule has 3 aromatic rings. The Bertz CT molecular complexity index is 1600. The van der Waals surface area contributed by atoms with E-state index in [0.717, 1.165) is 16.8 Å². The van der Waals surface area contributed by atoms with E-state index in [9.17, 15) is 19.2 Å². The molecule has 6 rings (SSSR count). The van der Waals surface area contributed by atoms with Gasteiger partial charge in [0.2, 0.25) is 10.8 Å². The van der Waals surface area contributed by atoms with Crippen molar-refractivity contribution in [3.05, 3.63) is 94.5 Å². The normalized spacial score (nSPS) is 24.0. The minimum atomic E-state index is -1.41. The zero-order valence-corrected chi connectivity index (χ0v) is 24.3. The van der Waals surface area contributed by atoms with Gasteiger partial charge in [0.1, 0.15) is 0 Å². The molecule has 1 spiro atoms. The molecule has 3 aliphatic rings. The van der Waals surface area contributed by atoms with Gasteiger partial charge in [0.25, 0.3) is 5.91 Å². The van der Waals surface area contributed by atoms with Crippen LogP contribution in [0.2, 0.25) is 0 Å². The van der Waals surface area contributed by atoms with Crippen LogP contribution >= 0.6 is 11.8 Å². The highest BCUT2D eigenvalue weighted by atomic mass is 32.2. The smallest absolute Gasteiger partial charge is 0.337 e. The van der Waals surface area contributed by atoms with Crippen LogP contribution in [0, 0.1) is 0 Å². The Labute approximate surface area is 242 Å². The summed E-state index contributed by atoms with van der Waals surface area (Å²) in [5.74, 6) is -1.83. The maximum absolute atomic E-state index is 14.8. The molecule has 3 aromatic carbocycles. The van der Waals surface area contributed by atoms with E-state index in [1.165, 1.54) is 49.1 Å². The van der Waals surface area contributed by atoms with Crippen molar-refractivity contribution in [1.82, 2.24) is 0 Å². The van der Waals surface area contributed by atoms with Crippen molar-refractivity contribution in [3.63, 3.8) is 0 Å². The van der Waals surface area contributed by atoms with Gasteiger partial charge in [-0.3, -0.25) is 14.5 Å². The van der Waals surface area contributed by atoms with Gasteiger partial charge in [0, 0.05) is 22.2 Å². The molecule has 0 saturated carbocycles. The van der Waals surface area contributed by atoms with Crippen molar-refractivity contribution < 1.29 is 28.7 Å².